The van der Waals surface area contributed by atoms with E-state index < -0.39 is 0 Å². The molecule has 0 spiro atoms. The molecule has 158 valence electrons. The maximum absolute atomic E-state index is 6.10. The van der Waals surface area contributed by atoms with Gasteiger partial charge in [-0.2, -0.15) is 5.10 Å². The summed E-state index contributed by atoms with van der Waals surface area (Å²) < 4.78 is 0. The Morgan fingerprint density at radius 2 is 1.68 bits per heavy atom. The highest BCUT2D eigenvalue weighted by Gasteiger charge is 2.11. The summed E-state index contributed by atoms with van der Waals surface area (Å²) in [7, 11) is 0. The molecule has 3 N–H and O–H groups in total. The van der Waals surface area contributed by atoms with Crippen LogP contribution in [0.25, 0.3) is 23.1 Å². The molecule has 31 heavy (non-hydrogen) atoms. The number of nitrogens with one attached hydrogen (secondary N) is 1. The summed E-state index contributed by atoms with van der Waals surface area (Å²) in [5.74, 6) is 0. The molecule has 4 heteroatoms. The van der Waals surface area contributed by atoms with Crippen molar-refractivity contribution in [1.29, 1.82) is 0 Å². The highest BCUT2D eigenvalue weighted by molar-refractivity contribution is 5.92. The van der Waals surface area contributed by atoms with Gasteiger partial charge < -0.3 is 5.73 Å². The second kappa shape index (κ2) is 9.19. The Hall–Kier alpha value is -3.37. The number of aryl methyl sites for hydroxylation is 1. The number of nitrogen functional groups attached to an aromatic ring is 1. The van der Waals surface area contributed by atoms with Crippen molar-refractivity contribution in [2.75, 3.05) is 5.73 Å². The van der Waals surface area contributed by atoms with Crippen molar-refractivity contribution in [2.24, 2.45) is 0 Å². The summed E-state index contributed by atoms with van der Waals surface area (Å²) in [6.45, 7) is 8.37. The minimum atomic E-state index is 0.462. The van der Waals surface area contributed by atoms with Crippen molar-refractivity contribution in [3.05, 3.63) is 94.7 Å². The molecule has 0 bridgehead atoms. The molecule has 0 unspecified atom stereocenters. The number of anilines is 1. The molecule has 1 heterocycles. The highest BCUT2D eigenvalue weighted by Crippen LogP contribution is 2.24. The molecule has 4 aromatic rings. The van der Waals surface area contributed by atoms with Gasteiger partial charge in [-0.1, -0.05) is 60.7 Å². The Morgan fingerprint density at radius 1 is 0.935 bits per heavy atom. The quantitative estimate of drug-likeness (QED) is 0.366. The molecular weight excluding hydrogens is 380 g/mol. The van der Waals surface area contributed by atoms with E-state index in [1.54, 1.807) is 0 Å². The summed E-state index contributed by atoms with van der Waals surface area (Å²) in [4.78, 5) is 2.49. The van der Waals surface area contributed by atoms with Crippen molar-refractivity contribution < 1.29 is 0 Å². The monoisotopic (exact) mass is 410 g/mol. The molecule has 0 aliphatic heterocycles. The summed E-state index contributed by atoms with van der Waals surface area (Å²) in [5.41, 5.74) is 13.7. The average Bonchev–Trinajstić information content (AvgIpc) is 3.14. The fraction of sp³-hybridized carbons (Fsp3) is 0.222. The second-order valence-electron chi connectivity index (χ2n) is 8.43. The van der Waals surface area contributed by atoms with Crippen LogP contribution in [0.4, 0.5) is 5.69 Å². The first-order valence-corrected chi connectivity index (χ1v) is 10.8. The average molecular weight is 411 g/mol. The molecule has 0 radical (unpaired) electrons. The first kappa shape index (κ1) is 20.9. The van der Waals surface area contributed by atoms with E-state index in [4.69, 9.17) is 5.73 Å². The number of hydrogen-bond acceptors (Lipinski definition) is 3. The van der Waals surface area contributed by atoms with Crippen molar-refractivity contribution in [2.45, 2.75) is 39.9 Å². The largest absolute Gasteiger partial charge is 0.398 e. The van der Waals surface area contributed by atoms with Gasteiger partial charge in [-0.25, -0.2) is 0 Å². The van der Waals surface area contributed by atoms with Crippen LogP contribution in [0.5, 0.6) is 0 Å². The predicted octanol–water partition coefficient (Wildman–Crippen LogP) is 6.03. The van der Waals surface area contributed by atoms with E-state index >= 15 is 0 Å². The van der Waals surface area contributed by atoms with Crippen molar-refractivity contribution in [3.8, 4) is 0 Å². The predicted molar refractivity (Wildman–Crippen MR) is 131 cm³/mol. The van der Waals surface area contributed by atoms with Crippen molar-refractivity contribution >= 4 is 28.7 Å². The number of rotatable bonds is 7. The van der Waals surface area contributed by atoms with Crippen LogP contribution < -0.4 is 5.73 Å². The SMILES string of the molecule is Cc1cc2[nH]nc(C=Cc3cccc(CN(Cc4ccccc4)C(C)C)c3)c2cc1N. The third-order valence-corrected chi connectivity index (χ3v) is 5.71. The molecule has 0 atom stereocenters. The number of aromatic nitrogens is 2. The minimum absolute atomic E-state index is 0.462. The van der Waals surface area contributed by atoms with Crippen LogP contribution in [0, 0.1) is 6.92 Å². The van der Waals surface area contributed by atoms with Gasteiger partial charge in [-0.15, -0.1) is 0 Å². The van der Waals surface area contributed by atoms with Crippen LogP contribution in [0.2, 0.25) is 0 Å². The maximum Gasteiger partial charge on any atom is 0.0928 e. The standard InChI is InChI=1S/C27H30N4/c1-19(2)31(17-22-8-5-4-6-9-22)18-23-11-7-10-21(15-23)12-13-26-24-16-25(28)20(3)14-27(24)30-29-26/h4-16,19H,17-18,28H2,1-3H3,(H,29,30). The van der Waals surface area contributed by atoms with E-state index in [-0.39, 0.29) is 0 Å². The number of aromatic amines is 1. The van der Waals surface area contributed by atoms with Gasteiger partial charge in [0.05, 0.1) is 11.2 Å². The Morgan fingerprint density at radius 3 is 2.45 bits per heavy atom. The fourth-order valence-electron chi connectivity index (χ4n) is 3.78. The maximum atomic E-state index is 6.10. The second-order valence-corrected chi connectivity index (χ2v) is 8.43. The lowest BCUT2D eigenvalue weighted by Crippen LogP contribution is -2.29. The van der Waals surface area contributed by atoms with Crippen molar-refractivity contribution in [1.82, 2.24) is 15.1 Å². The molecule has 4 nitrogen and oxygen atoms in total. The number of H-pyrrole nitrogens is 1. The smallest absolute Gasteiger partial charge is 0.0928 e. The minimum Gasteiger partial charge on any atom is -0.398 e. The number of fused-ring (bicyclic) bond motifs is 1. The first-order chi connectivity index (χ1) is 15.0. The van der Waals surface area contributed by atoms with Gasteiger partial charge in [0.25, 0.3) is 0 Å². The Balaban J connectivity index is 1.52. The topological polar surface area (TPSA) is 57.9 Å². The summed E-state index contributed by atoms with van der Waals surface area (Å²) >= 11 is 0. The van der Waals surface area contributed by atoms with Gasteiger partial charge in [-0.3, -0.25) is 10.00 Å². The first-order valence-electron chi connectivity index (χ1n) is 10.8. The fourth-order valence-corrected chi connectivity index (χ4v) is 3.78. The number of nitrogens with two attached hydrogens (primary N) is 1. The van der Waals surface area contributed by atoms with Crippen LogP contribution in [0.3, 0.4) is 0 Å². The molecule has 1 aromatic heterocycles. The zero-order chi connectivity index (χ0) is 21.8. The zero-order valence-corrected chi connectivity index (χ0v) is 18.5. The lowest BCUT2D eigenvalue weighted by Gasteiger charge is -2.26. The van der Waals surface area contributed by atoms with E-state index in [9.17, 15) is 0 Å². The van der Waals surface area contributed by atoms with Gasteiger partial charge in [0, 0.05) is 30.2 Å². The molecule has 0 amide bonds. The third-order valence-electron chi connectivity index (χ3n) is 5.71. The summed E-state index contributed by atoms with van der Waals surface area (Å²) in [6.07, 6.45) is 4.17. The van der Waals surface area contributed by atoms with Gasteiger partial charge in [0.15, 0.2) is 0 Å². The molecule has 0 fully saturated rings. The Bertz CT molecular complexity index is 1190. The highest BCUT2D eigenvalue weighted by atomic mass is 15.1. The molecule has 4 rings (SSSR count). The van der Waals surface area contributed by atoms with Crippen LogP contribution in [-0.4, -0.2) is 21.1 Å². The molecule has 3 aromatic carbocycles. The van der Waals surface area contributed by atoms with E-state index in [2.05, 4.69) is 95.7 Å². The summed E-state index contributed by atoms with van der Waals surface area (Å²) in [5, 5.41) is 8.61. The molecular formula is C27H30N4. The van der Waals surface area contributed by atoms with E-state index in [1.807, 2.05) is 19.1 Å². The van der Waals surface area contributed by atoms with E-state index in [0.717, 1.165) is 46.5 Å². The van der Waals surface area contributed by atoms with E-state index in [0.29, 0.717) is 6.04 Å². The van der Waals surface area contributed by atoms with Gasteiger partial charge >= 0.3 is 0 Å². The number of nitrogens with zero attached hydrogens (tertiary/aromatic N) is 2. The van der Waals surface area contributed by atoms with Gasteiger partial charge in [0.1, 0.15) is 0 Å². The lowest BCUT2D eigenvalue weighted by atomic mass is 10.1. The van der Waals surface area contributed by atoms with Crippen LogP contribution in [0.15, 0.2) is 66.7 Å². The van der Waals surface area contributed by atoms with Crippen LogP contribution in [0.1, 0.15) is 41.8 Å². The summed E-state index contributed by atoms with van der Waals surface area (Å²) in [6, 6.07) is 23.9. The van der Waals surface area contributed by atoms with Gasteiger partial charge in [-0.05, 0) is 61.2 Å². The van der Waals surface area contributed by atoms with Gasteiger partial charge in [0.2, 0.25) is 0 Å². The van der Waals surface area contributed by atoms with Crippen molar-refractivity contribution in [3.63, 3.8) is 0 Å². The Kier molecular flexibility index (Phi) is 6.19. The number of hydrogen-bond donors (Lipinski definition) is 2. The molecule has 0 aliphatic carbocycles. The normalized spacial score (nSPS) is 11.9. The lowest BCUT2D eigenvalue weighted by molar-refractivity contribution is 0.203. The molecule has 0 aliphatic rings. The third kappa shape index (κ3) is 5.04. The number of benzene rings is 3. The van der Waals surface area contributed by atoms with Crippen LogP contribution >= 0.6 is 0 Å². The Labute approximate surface area is 184 Å². The van der Waals surface area contributed by atoms with Crippen LogP contribution in [-0.2, 0) is 13.1 Å². The molecule has 0 saturated heterocycles. The van der Waals surface area contributed by atoms with E-state index in [1.165, 1.54) is 11.1 Å². The molecule has 0 saturated carbocycles. The zero-order valence-electron chi connectivity index (χ0n) is 18.5.